The maximum absolute atomic E-state index is 13.0. The average molecular weight is 483 g/mol. The Morgan fingerprint density at radius 2 is 1.79 bits per heavy atom. The van der Waals surface area contributed by atoms with Gasteiger partial charge in [-0.15, -0.1) is 0 Å². The van der Waals surface area contributed by atoms with Gasteiger partial charge in [-0.3, -0.25) is 9.59 Å². The van der Waals surface area contributed by atoms with Crippen LogP contribution in [-0.4, -0.2) is 24.4 Å². The number of rotatable bonds is 5. The van der Waals surface area contributed by atoms with E-state index in [2.05, 4.69) is 10.3 Å². The number of hydrogen-bond donors (Lipinski definition) is 3. The number of aryl methyl sites for hydroxylation is 1. The van der Waals surface area contributed by atoms with Crippen molar-refractivity contribution < 1.29 is 18.3 Å². The fourth-order valence-electron chi connectivity index (χ4n) is 3.46. The normalized spacial score (nSPS) is 11.5. The highest BCUT2D eigenvalue weighted by Crippen LogP contribution is 2.32. The van der Waals surface area contributed by atoms with E-state index in [9.17, 15) is 23.1 Å². The lowest BCUT2D eigenvalue weighted by Crippen LogP contribution is -2.19. The van der Waals surface area contributed by atoms with Crippen LogP contribution in [0, 0.1) is 0 Å². The molecule has 3 aromatic carbocycles. The summed E-state index contributed by atoms with van der Waals surface area (Å²) < 4.78 is 25.9. The second-order valence-electron chi connectivity index (χ2n) is 7.36. The Morgan fingerprint density at radius 1 is 1.06 bits per heavy atom. The van der Waals surface area contributed by atoms with Gasteiger partial charge in [-0.05, 0) is 66.6 Å². The number of pyridine rings is 1. The maximum atomic E-state index is 13.0. The molecule has 4 rings (SSSR count). The summed E-state index contributed by atoms with van der Waals surface area (Å²) in [6.07, 6.45) is 0.821. The molecule has 4 aromatic rings. The van der Waals surface area contributed by atoms with Crippen molar-refractivity contribution in [3.05, 3.63) is 93.2 Å². The summed E-state index contributed by atoms with van der Waals surface area (Å²) >= 11 is 5.81. The highest BCUT2D eigenvalue weighted by molar-refractivity contribution is 7.91. The number of carbonyl (C=O) groups is 1. The minimum Gasteiger partial charge on any atom is -0.506 e. The Morgan fingerprint density at radius 3 is 2.48 bits per heavy atom. The number of anilines is 1. The summed E-state index contributed by atoms with van der Waals surface area (Å²) in [5, 5.41) is 13.9. The molecule has 0 aliphatic heterocycles. The monoisotopic (exact) mass is 482 g/mol. The predicted octanol–water partition coefficient (Wildman–Crippen LogP) is 4.53. The third-order valence-electron chi connectivity index (χ3n) is 5.19. The van der Waals surface area contributed by atoms with Crippen LogP contribution in [0.3, 0.4) is 0 Å². The van der Waals surface area contributed by atoms with Crippen molar-refractivity contribution >= 4 is 43.9 Å². The van der Waals surface area contributed by atoms with Crippen LogP contribution in [0.4, 0.5) is 5.69 Å². The number of sulfone groups is 1. The number of fused-ring (bicyclic) bond motifs is 1. The molecule has 1 amide bonds. The van der Waals surface area contributed by atoms with Gasteiger partial charge < -0.3 is 15.4 Å². The van der Waals surface area contributed by atoms with E-state index in [1.54, 1.807) is 6.07 Å². The predicted molar refractivity (Wildman–Crippen MR) is 127 cm³/mol. The molecule has 0 fully saturated rings. The number of halogens is 1. The number of nitrogens with one attached hydrogen (secondary N) is 2. The molecule has 0 saturated heterocycles. The molecule has 3 N–H and O–H groups in total. The van der Waals surface area contributed by atoms with Gasteiger partial charge in [0, 0.05) is 21.7 Å². The van der Waals surface area contributed by atoms with E-state index in [0.29, 0.717) is 10.7 Å². The minimum atomic E-state index is -4.31. The minimum absolute atomic E-state index is 0.0895. The van der Waals surface area contributed by atoms with Gasteiger partial charge in [0.05, 0.1) is 10.4 Å². The van der Waals surface area contributed by atoms with Gasteiger partial charge >= 0.3 is 0 Å². The fraction of sp³-hybridized carbons (Fsp3) is 0.0833. The Hall–Kier alpha value is -3.62. The standard InChI is InChI=1S/C24H19ClN2O5S/c1-2-14-4-3-5-17(12-14)26-23(29)15-6-11-19-20(13-15)27-24(30)22(21(19)28)33(31,32)18-9-7-16(25)8-10-18/h3-13H,2H2,1H3,(H,26,29)(H2,27,28,30). The summed E-state index contributed by atoms with van der Waals surface area (Å²) in [6.45, 7) is 2.01. The summed E-state index contributed by atoms with van der Waals surface area (Å²) in [5.41, 5.74) is 1.05. The highest BCUT2D eigenvalue weighted by atomic mass is 35.5. The van der Waals surface area contributed by atoms with Crippen molar-refractivity contribution in [2.24, 2.45) is 0 Å². The van der Waals surface area contributed by atoms with Crippen LogP contribution in [-0.2, 0) is 16.3 Å². The molecule has 9 heteroatoms. The summed E-state index contributed by atoms with van der Waals surface area (Å²) in [5.74, 6) is -1.10. The lowest BCUT2D eigenvalue weighted by atomic mass is 10.1. The van der Waals surface area contributed by atoms with E-state index in [-0.39, 0.29) is 21.4 Å². The van der Waals surface area contributed by atoms with Gasteiger partial charge in [-0.1, -0.05) is 30.7 Å². The summed E-state index contributed by atoms with van der Waals surface area (Å²) in [6, 6.07) is 16.9. The Kier molecular flexibility index (Phi) is 5.97. The van der Waals surface area contributed by atoms with Crippen molar-refractivity contribution in [2.45, 2.75) is 23.1 Å². The highest BCUT2D eigenvalue weighted by Gasteiger charge is 2.27. The zero-order chi connectivity index (χ0) is 23.8. The number of H-pyrrole nitrogens is 1. The zero-order valence-corrected chi connectivity index (χ0v) is 19.0. The first-order chi connectivity index (χ1) is 15.7. The molecule has 168 valence electrons. The molecule has 1 aromatic heterocycles. The van der Waals surface area contributed by atoms with E-state index in [0.717, 1.165) is 12.0 Å². The van der Waals surface area contributed by atoms with Crippen LogP contribution in [0.5, 0.6) is 5.75 Å². The quantitative estimate of drug-likeness (QED) is 0.386. The summed E-state index contributed by atoms with van der Waals surface area (Å²) in [4.78, 5) is 26.9. The number of benzene rings is 3. The van der Waals surface area contributed by atoms with Crippen LogP contribution >= 0.6 is 11.6 Å². The van der Waals surface area contributed by atoms with Gasteiger partial charge in [0.1, 0.15) is 5.75 Å². The van der Waals surface area contributed by atoms with Gasteiger partial charge in [0.15, 0.2) is 4.90 Å². The van der Waals surface area contributed by atoms with Crippen LogP contribution in [0.15, 0.2) is 81.3 Å². The second kappa shape index (κ2) is 8.73. The van der Waals surface area contributed by atoms with Crippen LogP contribution in [0.2, 0.25) is 5.02 Å². The van der Waals surface area contributed by atoms with Crippen molar-refractivity contribution in [1.82, 2.24) is 4.98 Å². The van der Waals surface area contributed by atoms with E-state index >= 15 is 0 Å². The molecular formula is C24H19ClN2O5S. The maximum Gasteiger partial charge on any atom is 0.271 e. The van der Waals surface area contributed by atoms with Crippen molar-refractivity contribution in [1.29, 1.82) is 0 Å². The Bertz CT molecular complexity index is 1540. The van der Waals surface area contributed by atoms with Crippen LogP contribution < -0.4 is 10.9 Å². The molecule has 0 saturated carbocycles. The molecule has 0 aliphatic rings. The van der Waals surface area contributed by atoms with Gasteiger partial charge in [0.25, 0.3) is 11.5 Å². The number of aromatic amines is 1. The van der Waals surface area contributed by atoms with E-state index in [4.69, 9.17) is 11.6 Å². The van der Waals surface area contributed by atoms with Crippen molar-refractivity contribution in [2.75, 3.05) is 5.32 Å². The Labute approximate surface area is 194 Å². The molecule has 0 radical (unpaired) electrons. The fourth-order valence-corrected chi connectivity index (χ4v) is 4.97. The number of amides is 1. The van der Waals surface area contributed by atoms with Crippen molar-refractivity contribution in [3.63, 3.8) is 0 Å². The number of hydrogen-bond acceptors (Lipinski definition) is 5. The van der Waals surface area contributed by atoms with Gasteiger partial charge in [0.2, 0.25) is 9.84 Å². The summed E-state index contributed by atoms with van der Waals surface area (Å²) in [7, 11) is -4.31. The molecule has 0 bridgehead atoms. The van der Waals surface area contributed by atoms with Crippen LogP contribution in [0.1, 0.15) is 22.8 Å². The zero-order valence-electron chi connectivity index (χ0n) is 17.4. The van der Waals surface area contributed by atoms with Gasteiger partial charge in [-0.25, -0.2) is 8.42 Å². The number of aromatic nitrogens is 1. The SMILES string of the molecule is CCc1cccc(NC(=O)c2ccc3c(O)c(S(=O)(=O)c4ccc(Cl)cc4)c(=O)[nH]c3c2)c1. The van der Waals surface area contributed by atoms with Gasteiger partial charge in [-0.2, -0.15) is 0 Å². The Balaban J connectivity index is 1.74. The molecular weight excluding hydrogens is 464 g/mol. The second-order valence-corrected chi connectivity index (χ2v) is 9.68. The molecule has 33 heavy (non-hydrogen) atoms. The van der Waals surface area contributed by atoms with E-state index in [1.807, 2.05) is 25.1 Å². The first-order valence-corrected chi connectivity index (χ1v) is 11.9. The number of carbonyl (C=O) groups excluding carboxylic acids is 1. The molecule has 1 heterocycles. The molecule has 0 unspecified atom stereocenters. The van der Waals surface area contributed by atoms with Crippen LogP contribution in [0.25, 0.3) is 10.9 Å². The molecule has 0 atom stereocenters. The first kappa shape index (κ1) is 22.6. The number of aromatic hydroxyl groups is 1. The molecule has 0 spiro atoms. The molecule has 7 nitrogen and oxygen atoms in total. The molecule has 0 aliphatic carbocycles. The third kappa shape index (κ3) is 4.35. The van der Waals surface area contributed by atoms with E-state index < -0.39 is 31.9 Å². The third-order valence-corrected chi connectivity index (χ3v) is 7.25. The first-order valence-electron chi connectivity index (χ1n) is 10.0. The topological polar surface area (TPSA) is 116 Å². The van der Waals surface area contributed by atoms with E-state index in [1.165, 1.54) is 42.5 Å². The van der Waals surface area contributed by atoms with Crippen molar-refractivity contribution in [3.8, 4) is 5.75 Å². The lowest BCUT2D eigenvalue weighted by Gasteiger charge is -2.11. The average Bonchev–Trinajstić information content (AvgIpc) is 2.79. The lowest BCUT2D eigenvalue weighted by molar-refractivity contribution is 0.102. The smallest absolute Gasteiger partial charge is 0.271 e. The largest absolute Gasteiger partial charge is 0.506 e.